The molecular formula is C26H20ClFN2O3S. The van der Waals surface area contributed by atoms with Crippen LogP contribution >= 0.6 is 22.9 Å². The molecule has 0 aliphatic rings. The van der Waals surface area contributed by atoms with Crippen molar-refractivity contribution >= 4 is 40.1 Å². The SMILES string of the molecule is COc1cc(/C=C/C(=O)Nc2nc(-c3ccc(F)cc3)cs2)ccc1OCc1ccc(Cl)cc1. The van der Waals surface area contributed by atoms with Crippen molar-refractivity contribution in [3.63, 3.8) is 0 Å². The molecule has 34 heavy (non-hydrogen) atoms. The van der Waals surface area contributed by atoms with E-state index in [0.717, 1.165) is 16.7 Å². The number of hydrogen-bond donors (Lipinski definition) is 1. The van der Waals surface area contributed by atoms with E-state index in [2.05, 4.69) is 10.3 Å². The van der Waals surface area contributed by atoms with E-state index in [1.165, 1.54) is 29.5 Å². The topological polar surface area (TPSA) is 60.5 Å². The van der Waals surface area contributed by atoms with Gasteiger partial charge in [-0.25, -0.2) is 9.37 Å². The van der Waals surface area contributed by atoms with Gasteiger partial charge in [0.2, 0.25) is 5.91 Å². The lowest BCUT2D eigenvalue weighted by Gasteiger charge is -2.11. The lowest BCUT2D eigenvalue weighted by atomic mass is 10.2. The highest BCUT2D eigenvalue weighted by atomic mass is 35.5. The fraction of sp³-hybridized carbons (Fsp3) is 0.0769. The van der Waals surface area contributed by atoms with Crippen molar-refractivity contribution < 1.29 is 18.7 Å². The number of aromatic nitrogens is 1. The number of carbonyl (C=O) groups excluding carboxylic acids is 1. The highest BCUT2D eigenvalue weighted by Crippen LogP contribution is 2.30. The summed E-state index contributed by atoms with van der Waals surface area (Å²) in [6.07, 6.45) is 3.09. The van der Waals surface area contributed by atoms with Crippen molar-refractivity contribution in [1.29, 1.82) is 0 Å². The van der Waals surface area contributed by atoms with E-state index in [4.69, 9.17) is 21.1 Å². The summed E-state index contributed by atoms with van der Waals surface area (Å²) in [6, 6.07) is 18.9. The van der Waals surface area contributed by atoms with Crippen LogP contribution in [0.25, 0.3) is 17.3 Å². The van der Waals surface area contributed by atoms with Gasteiger partial charge in [0.15, 0.2) is 16.6 Å². The molecule has 0 unspecified atom stereocenters. The maximum absolute atomic E-state index is 13.1. The number of nitrogens with one attached hydrogen (secondary N) is 1. The van der Waals surface area contributed by atoms with Crippen molar-refractivity contribution in [3.8, 4) is 22.8 Å². The summed E-state index contributed by atoms with van der Waals surface area (Å²) >= 11 is 7.21. The maximum atomic E-state index is 13.1. The van der Waals surface area contributed by atoms with Gasteiger partial charge in [0.05, 0.1) is 12.8 Å². The molecule has 1 aromatic heterocycles. The number of anilines is 1. The Balaban J connectivity index is 1.36. The summed E-state index contributed by atoms with van der Waals surface area (Å²) < 4.78 is 24.4. The van der Waals surface area contributed by atoms with Gasteiger partial charge >= 0.3 is 0 Å². The molecule has 0 aliphatic carbocycles. The van der Waals surface area contributed by atoms with Crippen LogP contribution in [0.1, 0.15) is 11.1 Å². The molecule has 0 spiro atoms. The lowest BCUT2D eigenvalue weighted by molar-refractivity contribution is -0.111. The number of thiazole rings is 1. The number of rotatable bonds is 8. The molecule has 1 N–H and O–H groups in total. The highest BCUT2D eigenvalue weighted by molar-refractivity contribution is 7.14. The third-order valence-corrected chi connectivity index (χ3v) is 5.81. The predicted molar refractivity (Wildman–Crippen MR) is 134 cm³/mol. The molecule has 4 aromatic rings. The van der Waals surface area contributed by atoms with Crippen molar-refractivity contribution in [2.75, 3.05) is 12.4 Å². The largest absolute Gasteiger partial charge is 0.493 e. The number of carbonyl (C=O) groups is 1. The molecule has 172 valence electrons. The molecule has 3 aromatic carbocycles. The van der Waals surface area contributed by atoms with Crippen molar-refractivity contribution in [1.82, 2.24) is 4.98 Å². The molecule has 0 saturated heterocycles. The van der Waals surface area contributed by atoms with E-state index in [1.807, 2.05) is 30.3 Å². The Kier molecular flexibility index (Phi) is 7.57. The lowest BCUT2D eigenvalue weighted by Crippen LogP contribution is -2.07. The summed E-state index contributed by atoms with van der Waals surface area (Å²) in [5, 5.41) is 5.67. The van der Waals surface area contributed by atoms with Gasteiger partial charge in [0.25, 0.3) is 0 Å². The molecule has 0 aliphatic heterocycles. The average molecular weight is 495 g/mol. The fourth-order valence-corrected chi connectivity index (χ4v) is 3.90. The van der Waals surface area contributed by atoms with E-state index >= 15 is 0 Å². The second-order valence-electron chi connectivity index (χ2n) is 7.19. The van der Waals surface area contributed by atoms with Gasteiger partial charge in [-0.2, -0.15) is 0 Å². The van der Waals surface area contributed by atoms with Crippen molar-refractivity contribution in [2.24, 2.45) is 0 Å². The minimum Gasteiger partial charge on any atom is -0.493 e. The molecule has 0 fully saturated rings. The first-order valence-electron chi connectivity index (χ1n) is 10.3. The minimum absolute atomic E-state index is 0.310. The van der Waals surface area contributed by atoms with E-state index in [9.17, 15) is 9.18 Å². The molecule has 0 bridgehead atoms. The van der Waals surface area contributed by atoms with Gasteiger partial charge in [0, 0.05) is 22.0 Å². The van der Waals surface area contributed by atoms with Gasteiger partial charge < -0.3 is 9.47 Å². The van der Waals surface area contributed by atoms with Crippen LogP contribution in [-0.4, -0.2) is 18.0 Å². The number of halogens is 2. The van der Waals surface area contributed by atoms with Gasteiger partial charge in [-0.1, -0.05) is 29.8 Å². The van der Waals surface area contributed by atoms with Gasteiger partial charge in [0.1, 0.15) is 12.4 Å². The number of benzene rings is 3. The van der Waals surface area contributed by atoms with Crippen molar-refractivity contribution in [3.05, 3.63) is 100 Å². The molecule has 0 saturated carbocycles. The third-order valence-electron chi connectivity index (χ3n) is 4.80. The quantitative estimate of drug-likeness (QED) is 0.272. The van der Waals surface area contributed by atoms with Gasteiger partial charge in [-0.05, 0) is 65.7 Å². The number of ether oxygens (including phenoxy) is 2. The smallest absolute Gasteiger partial charge is 0.250 e. The monoisotopic (exact) mass is 494 g/mol. The summed E-state index contributed by atoms with van der Waals surface area (Å²) in [7, 11) is 1.56. The number of nitrogens with zero attached hydrogens (tertiary/aromatic N) is 1. The predicted octanol–water partition coefficient (Wildman–Crippen LogP) is 6.84. The zero-order valence-electron chi connectivity index (χ0n) is 18.1. The summed E-state index contributed by atoms with van der Waals surface area (Å²) in [6.45, 7) is 0.374. The molecule has 1 heterocycles. The Morgan fingerprint density at radius 3 is 2.59 bits per heavy atom. The summed E-state index contributed by atoms with van der Waals surface area (Å²) in [5.74, 6) is 0.521. The molecule has 0 radical (unpaired) electrons. The first kappa shape index (κ1) is 23.5. The second-order valence-corrected chi connectivity index (χ2v) is 8.49. The first-order chi connectivity index (χ1) is 16.5. The van der Waals surface area contributed by atoms with Crippen LogP contribution in [0.2, 0.25) is 5.02 Å². The van der Waals surface area contributed by atoms with Crippen LogP contribution in [-0.2, 0) is 11.4 Å². The van der Waals surface area contributed by atoms with Gasteiger partial charge in [-0.15, -0.1) is 11.3 Å². The number of hydrogen-bond acceptors (Lipinski definition) is 5. The normalized spacial score (nSPS) is 10.9. The molecule has 5 nitrogen and oxygen atoms in total. The third kappa shape index (κ3) is 6.21. The summed E-state index contributed by atoms with van der Waals surface area (Å²) in [4.78, 5) is 16.7. The van der Waals surface area contributed by atoms with Crippen molar-refractivity contribution in [2.45, 2.75) is 6.61 Å². The van der Waals surface area contributed by atoms with E-state index in [1.54, 1.807) is 42.8 Å². The maximum Gasteiger partial charge on any atom is 0.250 e. The standard InChI is InChI=1S/C26H20ClFN2O3S/c1-32-24-14-17(4-12-23(24)33-15-18-2-8-20(27)9-3-18)5-13-25(31)30-26-29-22(16-34-26)19-6-10-21(28)11-7-19/h2-14,16H,15H2,1H3,(H,29,30,31)/b13-5+. The Labute approximate surface area is 205 Å². The Morgan fingerprint density at radius 1 is 1.09 bits per heavy atom. The Hall–Kier alpha value is -3.68. The van der Waals surface area contributed by atoms with Crippen LogP contribution in [0.3, 0.4) is 0 Å². The Bertz CT molecular complexity index is 1300. The van der Waals surface area contributed by atoms with Crippen LogP contribution in [0.4, 0.5) is 9.52 Å². The molecule has 4 rings (SSSR count). The summed E-state index contributed by atoms with van der Waals surface area (Å²) in [5.41, 5.74) is 3.20. The Morgan fingerprint density at radius 2 is 1.85 bits per heavy atom. The number of amides is 1. The van der Waals surface area contributed by atoms with Crippen LogP contribution < -0.4 is 14.8 Å². The van der Waals surface area contributed by atoms with Crippen LogP contribution in [0, 0.1) is 5.82 Å². The minimum atomic E-state index is -0.318. The molecule has 8 heteroatoms. The highest BCUT2D eigenvalue weighted by Gasteiger charge is 2.08. The second kappa shape index (κ2) is 11.0. The fourth-order valence-electron chi connectivity index (χ4n) is 3.05. The van der Waals surface area contributed by atoms with E-state index in [0.29, 0.717) is 34.0 Å². The number of methoxy groups -OCH3 is 1. The average Bonchev–Trinajstić information content (AvgIpc) is 3.31. The first-order valence-corrected chi connectivity index (χ1v) is 11.5. The van der Waals surface area contributed by atoms with E-state index < -0.39 is 0 Å². The van der Waals surface area contributed by atoms with Gasteiger partial charge in [-0.3, -0.25) is 10.1 Å². The molecule has 1 amide bonds. The molecule has 0 atom stereocenters. The van der Waals surface area contributed by atoms with Crippen LogP contribution in [0.15, 0.2) is 78.2 Å². The van der Waals surface area contributed by atoms with Crippen LogP contribution in [0.5, 0.6) is 11.5 Å². The van der Waals surface area contributed by atoms with E-state index in [-0.39, 0.29) is 11.7 Å². The zero-order valence-corrected chi connectivity index (χ0v) is 19.7. The molecular weight excluding hydrogens is 475 g/mol. The zero-order chi connectivity index (χ0) is 23.9.